The SMILES string of the molecule is Cc1c(CCl)cnn1-c1cccc(F)c1. The van der Waals surface area contributed by atoms with Crippen molar-refractivity contribution in [2.24, 2.45) is 0 Å². The summed E-state index contributed by atoms with van der Waals surface area (Å²) in [6, 6.07) is 6.32. The lowest BCUT2D eigenvalue weighted by Gasteiger charge is -2.04. The van der Waals surface area contributed by atoms with Crippen molar-refractivity contribution in [3.63, 3.8) is 0 Å². The van der Waals surface area contributed by atoms with Gasteiger partial charge in [-0.1, -0.05) is 6.07 Å². The average molecular weight is 225 g/mol. The molecule has 0 fully saturated rings. The molecular formula is C11H10ClFN2. The zero-order valence-electron chi connectivity index (χ0n) is 8.24. The molecule has 0 saturated heterocycles. The van der Waals surface area contributed by atoms with E-state index in [1.54, 1.807) is 23.0 Å². The fourth-order valence-electron chi connectivity index (χ4n) is 1.44. The lowest BCUT2D eigenvalue weighted by Crippen LogP contribution is -1.99. The summed E-state index contributed by atoms with van der Waals surface area (Å²) >= 11 is 5.74. The third-order valence-corrected chi connectivity index (χ3v) is 2.60. The Bertz CT molecular complexity index is 479. The molecule has 0 radical (unpaired) electrons. The zero-order chi connectivity index (χ0) is 10.8. The van der Waals surface area contributed by atoms with Gasteiger partial charge in [-0.25, -0.2) is 9.07 Å². The number of halogens is 2. The fraction of sp³-hybridized carbons (Fsp3) is 0.182. The Kier molecular flexibility index (Phi) is 2.73. The number of nitrogens with zero attached hydrogens (tertiary/aromatic N) is 2. The third-order valence-electron chi connectivity index (χ3n) is 2.31. The van der Waals surface area contributed by atoms with Crippen LogP contribution in [0, 0.1) is 12.7 Å². The summed E-state index contributed by atoms with van der Waals surface area (Å²) in [6.45, 7) is 1.91. The Labute approximate surface area is 92.3 Å². The van der Waals surface area contributed by atoms with Crippen LogP contribution in [0.4, 0.5) is 4.39 Å². The lowest BCUT2D eigenvalue weighted by molar-refractivity contribution is 0.625. The predicted molar refractivity (Wildman–Crippen MR) is 57.8 cm³/mol. The van der Waals surface area contributed by atoms with Gasteiger partial charge in [-0.05, 0) is 25.1 Å². The first-order valence-corrected chi connectivity index (χ1v) is 5.11. The highest BCUT2D eigenvalue weighted by molar-refractivity contribution is 6.17. The van der Waals surface area contributed by atoms with E-state index < -0.39 is 0 Å². The minimum Gasteiger partial charge on any atom is -0.238 e. The first-order chi connectivity index (χ1) is 7.22. The molecular weight excluding hydrogens is 215 g/mol. The van der Waals surface area contributed by atoms with Gasteiger partial charge in [-0.15, -0.1) is 11.6 Å². The summed E-state index contributed by atoms with van der Waals surface area (Å²) in [5, 5.41) is 4.16. The molecule has 1 aromatic heterocycles. The molecule has 0 aliphatic carbocycles. The van der Waals surface area contributed by atoms with Crippen LogP contribution in [0.15, 0.2) is 30.5 Å². The van der Waals surface area contributed by atoms with Crippen LogP contribution in [0.3, 0.4) is 0 Å². The molecule has 2 nitrogen and oxygen atoms in total. The Morgan fingerprint density at radius 2 is 2.27 bits per heavy atom. The van der Waals surface area contributed by atoms with Crippen LogP contribution in [0.1, 0.15) is 11.3 Å². The maximum atomic E-state index is 13.0. The van der Waals surface area contributed by atoms with E-state index in [9.17, 15) is 4.39 Å². The van der Waals surface area contributed by atoms with Crippen LogP contribution in [0.5, 0.6) is 0 Å². The van der Waals surface area contributed by atoms with Crippen molar-refractivity contribution in [2.75, 3.05) is 0 Å². The number of alkyl halides is 1. The first kappa shape index (κ1) is 10.2. The standard InChI is InChI=1S/C11H10ClFN2/c1-8-9(6-12)7-14-15(8)11-4-2-3-10(13)5-11/h2-5,7H,6H2,1H3. The fourth-order valence-corrected chi connectivity index (χ4v) is 1.71. The van der Waals surface area contributed by atoms with E-state index in [1.807, 2.05) is 6.92 Å². The molecule has 0 amide bonds. The van der Waals surface area contributed by atoms with E-state index in [2.05, 4.69) is 5.10 Å². The Balaban J connectivity index is 2.49. The molecule has 0 spiro atoms. The molecule has 15 heavy (non-hydrogen) atoms. The molecule has 1 heterocycles. The molecule has 0 atom stereocenters. The summed E-state index contributed by atoms with van der Waals surface area (Å²) in [5.41, 5.74) is 2.61. The Morgan fingerprint density at radius 3 is 2.87 bits per heavy atom. The predicted octanol–water partition coefficient (Wildman–Crippen LogP) is 3.06. The molecule has 1 aromatic carbocycles. The van der Waals surface area contributed by atoms with Gasteiger partial charge in [0.2, 0.25) is 0 Å². The number of benzene rings is 1. The van der Waals surface area contributed by atoms with Gasteiger partial charge >= 0.3 is 0 Å². The molecule has 0 aliphatic rings. The van der Waals surface area contributed by atoms with E-state index in [-0.39, 0.29) is 5.82 Å². The highest BCUT2D eigenvalue weighted by Gasteiger charge is 2.07. The lowest BCUT2D eigenvalue weighted by atomic mass is 10.2. The van der Waals surface area contributed by atoms with Crippen molar-refractivity contribution in [2.45, 2.75) is 12.8 Å². The molecule has 0 N–H and O–H groups in total. The van der Waals surface area contributed by atoms with Crippen molar-refractivity contribution in [3.8, 4) is 5.69 Å². The number of rotatable bonds is 2. The maximum Gasteiger partial charge on any atom is 0.125 e. The smallest absolute Gasteiger partial charge is 0.125 e. The summed E-state index contributed by atoms with van der Waals surface area (Å²) in [6.07, 6.45) is 1.70. The second kappa shape index (κ2) is 4.03. The van der Waals surface area contributed by atoms with E-state index in [0.29, 0.717) is 11.6 Å². The first-order valence-electron chi connectivity index (χ1n) is 4.58. The van der Waals surface area contributed by atoms with E-state index in [0.717, 1.165) is 11.3 Å². The van der Waals surface area contributed by atoms with Crippen LogP contribution in [-0.4, -0.2) is 9.78 Å². The normalized spacial score (nSPS) is 10.6. The third kappa shape index (κ3) is 1.88. The van der Waals surface area contributed by atoms with Crippen molar-refractivity contribution in [3.05, 3.63) is 47.5 Å². The van der Waals surface area contributed by atoms with Crippen LogP contribution in [-0.2, 0) is 5.88 Å². The van der Waals surface area contributed by atoms with Crippen LogP contribution >= 0.6 is 11.6 Å². The highest BCUT2D eigenvalue weighted by atomic mass is 35.5. The monoisotopic (exact) mass is 224 g/mol. The minimum atomic E-state index is -0.269. The topological polar surface area (TPSA) is 17.8 Å². The molecule has 0 aliphatic heterocycles. The van der Waals surface area contributed by atoms with E-state index >= 15 is 0 Å². The molecule has 4 heteroatoms. The van der Waals surface area contributed by atoms with Crippen molar-refractivity contribution in [1.82, 2.24) is 9.78 Å². The summed E-state index contributed by atoms with van der Waals surface area (Å²) in [4.78, 5) is 0. The average Bonchev–Trinajstić information content (AvgIpc) is 2.59. The number of hydrogen-bond donors (Lipinski definition) is 0. The van der Waals surface area contributed by atoms with Gasteiger partial charge in [0.25, 0.3) is 0 Å². The van der Waals surface area contributed by atoms with Gasteiger partial charge in [0.05, 0.1) is 17.8 Å². The van der Waals surface area contributed by atoms with Crippen molar-refractivity contribution in [1.29, 1.82) is 0 Å². The molecule has 2 rings (SSSR count). The highest BCUT2D eigenvalue weighted by Crippen LogP contribution is 2.16. The van der Waals surface area contributed by atoms with Crippen molar-refractivity contribution >= 4 is 11.6 Å². The van der Waals surface area contributed by atoms with Crippen molar-refractivity contribution < 1.29 is 4.39 Å². The van der Waals surface area contributed by atoms with Gasteiger partial charge in [-0.3, -0.25) is 0 Å². The van der Waals surface area contributed by atoms with Gasteiger partial charge in [0.1, 0.15) is 5.82 Å². The second-order valence-electron chi connectivity index (χ2n) is 3.28. The number of aromatic nitrogens is 2. The number of hydrogen-bond acceptors (Lipinski definition) is 1. The summed E-state index contributed by atoms with van der Waals surface area (Å²) in [5.74, 6) is 0.149. The molecule has 78 valence electrons. The minimum absolute atomic E-state index is 0.269. The largest absolute Gasteiger partial charge is 0.238 e. The summed E-state index contributed by atoms with van der Waals surface area (Å²) in [7, 11) is 0. The summed E-state index contributed by atoms with van der Waals surface area (Å²) < 4.78 is 14.7. The van der Waals surface area contributed by atoms with Gasteiger partial charge in [-0.2, -0.15) is 5.10 Å². The van der Waals surface area contributed by atoms with E-state index in [1.165, 1.54) is 12.1 Å². The Hall–Kier alpha value is -1.35. The molecule has 0 saturated carbocycles. The van der Waals surface area contributed by atoms with Gasteiger partial charge < -0.3 is 0 Å². The van der Waals surface area contributed by atoms with Gasteiger partial charge in [0.15, 0.2) is 0 Å². The molecule has 0 unspecified atom stereocenters. The van der Waals surface area contributed by atoms with E-state index in [4.69, 9.17) is 11.6 Å². The Morgan fingerprint density at radius 1 is 1.47 bits per heavy atom. The van der Waals surface area contributed by atoms with Crippen LogP contribution < -0.4 is 0 Å². The maximum absolute atomic E-state index is 13.0. The second-order valence-corrected chi connectivity index (χ2v) is 3.55. The van der Waals surface area contributed by atoms with Crippen LogP contribution in [0.25, 0.3) is 5.69 Å². The zero-order valence-corrected chi connectivity index (χ0v) is 9.00. The quantitative estimate of drug-likeness (QED) is 0.717. The van der Waals surface area contributed by atoms with Gasteiger partial charge in [0, 0.05) is 11.3 Å². The van der Waals surface area contributed by atoms with Crippen LogP contribution in [0.2, 0.25) is 0 Å². The molecule has 0 bridgehead atoms. The molecule has 2 aromatic rings.